The molecule has 1 aromatic carbocycles. The van der Waals surface area contributed by atoms with Gasteiger partial charge in [-0.15, -0.1) is 0 Å². The molecule has 0 saturated carbocycles. The third-order valence-corrected chi connectivity index (χ3v) is 4.93. The molecule has 0 spiro atoms. The van der Waals surface area contributed by atoms with Gasteiger partial charge in [0.2, 0.25) is 0 Å². The second kappa shape index (κ2) is 7.23. The zero-order chi connectivity index (χ0) is 15.4. The van der Waals surface area contributed by atoms with Crippen molar-refractivity contribution in [3.63, 3.8) is 0 Å². The minimum Gasteiger partial charge on any atom is -0.305 e. The number of benzene rings is 1. The largest absolute Gasteiger partial charge is 0.305 e. The molecule has 1 heterocycles. The van der Waals surface area contributed by atoms with Crippen molar-refractivity contribution >= 4 is 15.9 Å². The van der Waals surface area contributed by atoms with Crippen LogP contribution in [0.15, 0.2) is 28.9 Å². The molecule has 3 nitrogen and oxygen atoms in total. The lowest BCUT2D eigenvalue weighted by atomic mass is 9.99. The van der Waals surface area contributed by atoms with E-state index in [1.54, 1.807) is 0 Å². The molecule has 21 heavy (non-hydrogen) atoms. The molecule has 1 atom stereocenters. The highest BCUT2D eigenvalue weighted by atomic mass is 79.9. The topological polar surface area (TPSA) is 29.9 Å². The van der Waals surface area contributed by atoms with Gasteiger partial charge in [0.05, 0.1) is 11.7 Å². The van der Waals surface area contributed by atoms with Gasteiger partial charge in [-0.1, -0.05) is 41.9 Å². The Hall–Kier alpha value is -1.13. The molecule has 0 amide bonds. The van der Waals surface area contributed by atoms with E-state index in [4.69, 9.17) is 0 Å². The Morgan fingerprint density at radius 2 is 1.90 bits per heavy atom. The molecule has 1 aromatic heterocycles. The van der Waals surface area contributed by atoms with Crippen molar-refractivity contribution in [2.24, 2.45) is 0 Å². The van der Waals surface area contributed by atoms with Crippen molar-refractivity contribution in [1.82, 2.24) is 15.1 Å². The van der Waals surface area contributed by atoms with Crippen LogP contribution in [0.1, 0.15) is 48.7 Å². The number of hydrogen-bond acceptors (Lipinski definition) is 2. The van der Waals surface area contributed by atoms with Crippen LogP contribution in [0.25, 0.3) is 0 Å². The summed E-state index contributed by atoms with van der Waals surface area (Å²) in [6, 6.07) is 6.83. The predicted molar refractivity (Wildman–Crippen MR) is 91.7 cm³/mol. The number of rotatable bonds is 6. The van der Waals surface area contributed by atoms with Gasteiger partial charge in [-0.05, 0) is 49.6 Å². The summed E-state index contributed by atoms with van der Waals surface area (Å²) in [7, 11) is 0. The Balaban J connectivity index is 2.45. The van der Waals surface area contributed by atoms with Crippen LogP contribution < -0.4 is 5.32 Å². The lowest BCUT2D eigenvalue weighted by Gasteiger charge is -2.21. The molecule has 4 heteroatoms. The molecule has 0 bridgehead atoms. The van der Waals surface area contributed by atoms with E-state index in [0.29, 0.717) is 0 Å². The van der Waals surface area contributed by atoms with Gasteiger partial charge >= 0.3 is 0 Å². The predicted octanol–water partition coefficient (Wildman–Crippen LogP) is 4.37. The van der Waals surface area contributed by atoms with E-state index in [1.165, 1.54) is 26.9 Å². The summed E-state index contributed by atoms with van der Waals surface area (Å²) < 4.78 is 3.31. The third-order valence-electron chi connectivity index (χ3n) is 3.68. The van der Waals surface area contributed by atoms with Crippen LogP contribution in [0.2, 0.25) is 0 Å². The third kappa shape index (κ3) is 3.55. The maximum Gasteiger partial charge on any atom is 0.0748 e. The van der Waals surface area contributed by atoms with Crippen molar-refractivity contribution in [2.75, 3.05) is 6.54 Å². The minimum absolute atomic E-state index is 0.189. The fraction of sp³-hybridized carbons (Fsp3) is 0.471. The average molecular weight is 350 g/mol. The number of aryl methyl sites for hydroxylation is 3. The van der Waals surface area contributed by atoms with Gasteiger partial charge < -0.3 is 5.32 Å². The van der Waals surface area contributed by atoms with Gasteiger partial charge in [0, 0.05) is 17.2 Å². The maximum atomic E-state index is 4.46. The highest BCUT2D eigenvalue weighted by Gasteiger charge is 2.18. The van der Waals surface area contributed by atoms with Crippen molar-refractivity contribution in [3.8, 4) is 0 Å². The van der Waals surface area contributed by atoms with E-state index in [0.717, 1.165) is 19.5 Å². The normalized spacial score (nSPS) is 12.6. The molecule has 0 fully saturated rings. The lowest BCUT2D eigenvalue weighted by Crippen LogP contribution is -2.25. The molecule has 114 valence electrons. The number of halogens is 1. The van der Waals surface area contributed by atoms with Gasteiger partial charge in [0.25, 0.3) is 0 Å². The van der Waals surface area contributed by atoms with Crippen molar-refractivity contribution in [3.05, 3.63) is 51.3 Å². The van der Waals surface area contributed by atoms with Gasteiger partial charge in [-0.2, -0.15) is 5.10 Å². The van der Waals surface area contributed by atoms with Gasteiger partial charge in [-0.3, -0.25) is 4.68 Å². The highest BCUT2D eigenvalue weighted by molar-refractivity contribution is 9.10. The SMILES string of the molecule is CCCn1nccc1C(NCC)c1cc(C)c(Br)c(C)c1. The molecule has 2 aromatic rings. The van der Waals surface area contributed by atoms with Crippen molar-refractivity contribution in [2.45, 2.75) is 46.7 Å². The molecule has 1 N–H and O–H groups in total. The Kier molecular flexibility index (Phi) is 5.59. The Morgan fingerprint density at radius 1 is 1.24 bits per heavy atom. The quantitative estimate of drug-likeness (QED) is 0.838. The van der Waals surface area contributed by atoms with E-state index in [2.05, 4.69) is 76.9 Å². The lowest BCUT2D eigenvalue weighted by molar-refractivity contribution is 0.520. The molecule has 0 aliphatic rings. The molecule has 0 radical (unpaired) electrons. The highest BCUT2D eigenvalue weighted by Crippen LogP contribution is 2.29. The standard InChI is InChI=1S/C17H24BrN3/c1-5-9-21-15(7-8-20-21)17(19-6-2)14-10-12(3)16(18)13(4)11-14/h7-8,10-11,17,19H,5-6,9H2,1-4H3. The first-order valence-corrected chi connectivity index (χ1v) is 8.39. The first-order valence-electron chi connectivity index (χ1n) is 7.60. The number of nitrogens with zero attached hydrogens (tertiary/aromatic N) is 2. The Labute approximate surface area is 135 Å². The summed E-state index contributed by atoms with van der Waals surface area (Å²) in [5.74, 6) is 0. The molecular weight excluding hydrogens is 326 g/mol. The van der Waals surface area contributed by atoms with Crippen molar-refractivity contribution in [1.29, 1.82) is 0 Å². The van der Waals surface area contributed by atoms with E-state index in [1.807, 2.05) is 6.20 Å². The van der Waals surface area contributed by atoms with Crippen LogP contribution in [0.3, 0.4) is 0 Å². The molecule has 0 aliphatic heterocycles. The second-order valence-electron chi connectivity index (χ2n) is 5.44. The Morgan fingerprint density at radius 3 is 2.48 bits per heavy atom. The summed E-state index contributed by atoms with van der Waals surface area (Å²) >= 11 is 3.65. The van der Waals surface area contributed by atoms with Crippen LogP contribution in [0.5, 0.6) is 0 Å². The summed E-state index contributed by atoms with van der Waals surface area (Å²) in [6.07, 6.45) is 2.99. The van der Waals surface area contributed by atoms with Gasteiger partial charge in [0.15, 0.2) is 0 Å². The molecular formula is C17H24BrN3. The number of hydrogen-bond donors (Lipinski definition) is 1. The minimum atomic E-state index is 0.189. The number of nitrogens with one attached hydrogen (secondary N) is 1. The monoisotopic (exact) mass is 349 g/mol. The van der Waals surface area contributed by atoms with Gasteiger partial charge in [-0.25, -0.2) is 0 Å². The van der Waals surface area contributed by atoms with E-state index in [-0.39, 0.29) is 6.04 Å². The molecule has 0 saturated heterocycles. The van der Waals surface area contributed by atoms with Crippen LogP contribution in [-0.2, 0) is 6.54 Å². The Bertz CT molecular complexity index is 581. The van der Waals surface area contributed by atoms with Crippen LogP contribution in [0, 0.1) is 13.8 Å². The van der Waals surface area contributed by atoms with Crippen LogP contribution in [0.4, 0.5) is 0 Å². The summed E-state index contributed by atoms with van der Waals surface area (Å²) in [5.41, 5.74) is 5.08. The summed E-state index contributed by atoms with van der Waals surface area (Å²) in [5, 5.41) is 8.06. The fourth-order valence-electron chi connectivity index (χ4n) is 2.73. The smallest absolute Gasteiger partial charge is 0.0748 e. The van der Waals surface area contributed by atoms with Crippen LogP contribution >= 0.6 is 15.9 Å². The summed E-state index contributed by atoms with van der Waals surface area (Å²) in [6.45, 7) is 10.5. The van der Waals surface area contributed by atoms with Crippen molar-refractivity contribution < 1.29 is 0 Å². The zero-order valence-electron chi connectivity index (χ0n) is 13.3. The first kappa shape index (κ1) is 16.2. The average Bonchev–Trinajstić information content (AvgIpc) is 2.90. The molecule has 0 aliphatic carbocycles. The molecule has 2 rings (SSSR count). The second-order valence-corrected chi connectivity index (χ2v) is 6.23. The van der Waals surface area contributed by atoms with Crippen LogP contribution in [-0.4, -0.2) is 16.3 Å². The molecule has 1 unspecified atom stereocenters. The van der Waals surface area contributed by atoms with Gasteiger partial charge in [0.1, 0.15) is 0 Å². The number of aromatic nitrogens is 2. The van der Waals surface area contributed by atoms with E-state index in [9.17, 15) is 0 Å². The fourth-order valence-corrected chi connectivity index (χ4v) is 2.96. The summed E-state index contributed by atoms with van der Waals surface area (Å²) in [4.78, 5) is 0. The van der Waals surface area contributed by atoms with E-state index >= 15 is 0 Å². The van der Waals surface area contributed by atoms with E-state index < -0.39 is 0 Å². The first-order chi connectivity index (χ1) is 10.1. The zero-order valence-corrected chi connectivity index (χ0v) is 14.9. The maximum absolute atomic E-state index is 4.46.